The van der Waals surface area contributed by atoms with Crippen LogP contribution in [0.2, 0.25) is 5.02 Å². The van der Waals surface area contributed by atoms with Gasteiger partial charge in [0.2, 0.25) is 0 Å². The fraction of sp³-hybridized carbons (Fsp3) is 0.643. The lowest BCUT2D eigenvalue weighted by atomic mass is 10.2. The molecule has 0 spiro atoms. The molecule has 0 atom stereocenters. The molecule has 0 saturated carbocycles. The van der Waals surface area contributed by atoms with Crippen LogP contribution >= 0.6 is 11.6 Å². The third-order valence-electron chi connectivity index (χ3n) is 2.95. The number of nitrogens with one attached hydrogen (secondary N) is 1. The Morgan fingerprint density at radius 3 is 2.74 bits per heavy atom. The fourth-order valence-corrected chi connectivity index (χ4v) is 1.95. The first-order valence-corrected chi connectivity index (χ1v) is 7.20. The molecule has 0 aromatic carbocycles. The topological polar surface area (TPSA) is 48.4 Å². The van der Waals surface area contributed by atoms with Gasteiger partial charge in [0.15, 0.2) is 0 Å². The zero-order chi connectivity index (χ0) is 14.3. The number of aliphatic hydroxyl groups is 1. The molecule has 1 aromatic heterocycles. The molecule has 0 amide bonds. The van der Waals surface area contributed by atoms with Crippen molar-refractivity contribution in [2.45, 2.75) is 39.8 Å². The lowest BCUT2D eigenvalue weighted by Crippen LogP contribution is -2.33. The van der Waals surface area contributed by atoms with Crippen LogP contribution in [-0.4, -0.2) is 40.7 Å². The number of aromatic nitrogens is 1. The molecule has 1 aromatic rings. The van der Waals surface area contributed by atoms with Crippen molar-refractivity contribution in [3.05, 3.63) is 22.8 Å². The van der Waals surface area contributed by atoms with Crippen LogP contribution in [0.25, 0.3) is 0 Å². The number of pyridine rings is 1. The Kier molecular flexibility index (Phi) is 7.13. The first kappa shape index (κ1) is 16.2. The molecular weight excluding hydrogens is 262 g/mol. The molecule has 0 saturated heterocycles. The average Bonchev–Trinajstić information content (AvgIpc) is 2.38. The molecule has 0 fully saturated rings. The van der Waals surface area contributed by atoms with E-state index in [1.165, 1.54) is 0 Å². The van der Waals surface area contributed by atoms with Gasteiger partial charge >= 0.3 is 0 Å². The van der Waals surface area contributed by atoms with Crippen molar-refractivity contribution in [2.75, 3.05) is 25.0 Å². The Balaban J connectivity index is 2.79. The maximum Gasteiger partial charge on any atom is 0.126 e. The SMILES string of the molecule is CCCNc1ccc(Cl)c(CN(CCO)C(C)C)n1. The standard InChI is InChI=1S/C14H24ClN3O/c1-4-7-16-14-6-5-12(15)13(17-14)10-18(8-9-19)11(2)3/h5-6,11,19H,4,7-10H2,1-3H3,(H,16,17). The molecular formula is C14H24ClN3O. The van der Waals surface area contributed by atoms with Crippen molar-refractivity contribution >= 4 is 17.4 Å². The molecule has 0 unspecified atom stereocenters. The number of halogens is 1. The molecule has 0 aliphatic carbocycles. The van der Waals surface area contributed by atoms with Gasteiger partial charge < -0.3 is 10.4 Å². The summed E-state index contributed by atoms with van der Waals surface area (Å²) in [7, 11) is 0. The highest BCUT2D eigenvalue weighted by molar-refractivity contribution is 6.31. The molecule has 1 rings (SSSR count). The third-order valence-corrected chi connectivity index (χ3v) is 3.29. The lowest BCUT2D eigenvalue weighted by Gasteiger charge is -2.25. The van der Waals surface area contributed by atoms with Crippen molar-refractivity contribution in [3.8, 4) is 0 Å². The van der Waals surface area contributed by atoms with Gasteiger partial charge in [0.25, 0.3) is 0 Å². The summed E-state index contributed by atoms with van der Waals surface area (Å²) in [5.74, 6) is 0.856. The van der Waals surface area contributed by atoms with Crippen LogP contribution in [0, 0.1) is 0 Å². The predicted octanol–water partition coefficient (Wildman–Crippen LogP) is 2.76. The second-order valence-corrected chi connectivity index (χ2v) is 5.25. The minimum Gasteiger partial charge on any atom is -0.395 e. The fourth-order valence-electron chi connectivity index (χ4n) is 1.79. The summed E-state index contributed by atoms with van der Waals surface area (Å²) in [6.45, 7) is 8.64. The number of hydrogen-bond acceptors (Lipinski definition) is 4. The first-order valence-electron chi connectivity index (χ1n) is 6.82. The van der Waals surface area contributed by atoms with Crippen LogP contribution in [0.5, 0.6) is 0 Å². The molecule has 0 radical (unpaired) electrons. The van der Waals surface area contributed by atoms with Gasteiger partial charge in [0.1, 0.15) is 5.82 Å². The maximum absolute atomic E-state index is 9.10. The van der Waals surface area contributed by atoms with E-state index >= 15 is 0 Å². The largest absolute Gasteiger partial charge is 0.395 e. The Hall–Kier alpha value is -0.840. The van der Waals surface area contributed by atoms with E-state index in [4.69, 9.17) is 16.7 Å². The second kappa shape index (κ2) is 8.35. The summed E-state index contributed by atoms with van der Waals surface area (Å²) in [6.07, 6.45) is 1.06. The van der Waals surface area contributed by atoms with Crippen molar-refractivity contribution in [2.24, 2.45) is 0 Å². The predicted molar refractivity (Wildman–Crippen MR) is 80.7 cm³/mol. The van der Waals surface area contributed by atoms with Gasteiger partial charge in [-0.25, -0.2) is 4.98 Å². The van der Waals surface area contributed by atoms with Crippen LogP contribution in [0.15, 0.2) is 12.1 Å². The first-order chi connectivity index (χ1) is 9.08. The van der Waals surface area contributed by atoms with Crippen molar-refractivity contribution in [1.29, 1.82) is 0 Å². The molecule has 2 N–H and O–H groups in total. The van der Waals surface area contributed by atoms with E-state index in [1.807, 2.05) is 12.1 Å². The van der Waals surface area contributed by atoms with Crippen LogP contribution in [0.3, 0.4) is 0 Å². The van der Waals surface area contributed by atoms with Gasteiger partial charge in [-0.15, -0.1) is 0 Å². The quantitative estimate of drug-likeness (QED) is 0.771. The van der Waals surface area contributed by atoms with E-state index in [-0.39, 0.29) is 6.61 Å². The molecule has 0 bridgehead atoms. The lowest BCUT2D eigenvalue weighted by molar-refractivity contribution is 0.158. The van der Waals surface area contributed by atoms with Gasteiger partial charge in [-0.05, 0) is 32.4 Å². The molecule has 1 heterocycles. The molecule has 108 valence electrons. The van der Waals surface area contributed by atoms with E-state index in [9.17, 15) is 0 Å². The second-order valence-electron chi connectivity index (χ2n) is 4.84. The molecule has 4 nitrogen and oxygen atoms in total. The van der Waals surface area contributed by atoms with Gasteiger partial charge in [-0.3, -0.25) is 4.90 Å². The summed E-state index contributed by atoms with van der Waals surface area (Å²) in [5, 5.41) is 13.0. The Labute approximate surface area is 120 Å². The summed E-state index contributed by atoms with van der Waals surface area (Å²) >= 11 is 6.20. The Morgan fingerprint density at radius 1 is 1.42 bits per heavy atom. The van der Waals surface area contributed by atoms with E-state index in [1.54, 1.807) is 0 Å². The average molecular weight is 286 g/mol. The number of nitrogens with zero attached hydrogens (tertiary/aromatic N) is 2. The van der Waals surface area contributed by atoms with Crippen LogP contribution in [-0.2, 0) is 6.54 Å². The number of aliphatic hydroxyl groups excluding tert-OH is 1. The minimum absolute atomic E-state index is 0.142. The highest BCUT2D eigenvalue weighted by Crippen LogP contribution is 2.19. The molecule has 0 aliphatic heterocycles. The van der Waals surface area contributed by atoms with E-state index in [2.05, 4.69) is 36.0 Å². The van der Waals surface area contributed by atoms with Crippen LogP contribution in [0.1, 0.15) is 32.9 Å². The summed E-state index contributed by atoms with van der Waals surface area (Å²) in [6, 6.07) is 4.12. The highest BCUT2D eigenvalue weighted by atomic mass is 35.5. The number of rotatable bonds is 8. The van der Waals surface area contributed by atoms with E-state index in [0.717, 1.165) is 24.5 Å². The summed E-state index contributed by atoms with van der Waals surface area (Å²) in [5.41, 5.74) is 0.852. The smallest absolute Gasteiger partial charge is 0.126 e. The Morgan fingerprint density at radius 2 is 2.16 bits per heavy atom. The van der Waals surface area contributed by atoms with Crippen LogP contribution in [0.4, 0.5) is 5.82 Å². The summed E-state index contributed by atoms with van der Waals surface area (Å²) in [4.78, 5) is 6.70. The van der Waals surface area contributed by atoms with Crippen LogP contribution < -0.4 is 5.32 Å². The normalized spacial score (nSPS) is 11.3. The molecule has 19 heavy (non-hydrogen) atoms. The maximum atomic E-state index is 9.10. The highest BCUT2D eigenvalue weighted by Gasteiger charge is 2.13. The Bertz CT molecular complexity index is 385. The van der Waals surface area contributed by atoms with E-state index in [0.29, 0.717) is 24.2 Å². The minimum atomic E-state index is 0.142. The van der Waals surface area contributed by atoms with Gasteiger partial charge in [0, 0.05) is 25.7 Å². The van der Waals surface area contributed by atoms with Crippen molar-refractivity contribution in [1.82, 2.24) is 9.88 Å². The summed E-state index contributed by atoms with van der Waals surface area (Å²) < 4.78 is 0. The molecule has 5 heteroatoms. The number of anilines is 1. The van der Waals surface area contributed by atoms with Crippen molar-refractivity contribution in [3.63, 3.8) is 0 Å². The zero-order valence-corrected chi connectivity index (χ0v) is 12.7. The zero-order valence-electron chi connectivity index (χ0n) is 12.0. The monoisotopic (exact) mass is 285 g/mol. The van der Waals surface area contributed by atoms with Gasteiger partial charge in [-0.2, -0.15) is 0 Å². The molecule has 0 aliphatic rings. The third kappa shape index (κ3) is 5.35. The number of hydrogen-bond donors (Lipinski definition) is 2. The van der Waals surface area contributed by atoms with Gasteiger partial charge in [-0.1, -0.05) is 18.5 Å². The van der Waals surface area contributed by atoms with Crippen molar-refractivity contribution < 1.29 is 5.11 Å². The van der Waals surface area contributed by atoms with E-state index < -0.39 is 0 Å². The van der Waals surface area contributed by atoms with Gasteiger partial charge in [0.05, 0.1) is 17.3 Å².